The molecular weight excluding hydrogens is 464 g/mol. The standard InChI is InChI=1S/C28H28N8O/c37-28(17-6-4-7-17)31-20-12-18(14-29-16-20)19-13-21-24(34-35-26(21)30-15-19)27-32-22-8-5-9-23(25(22)33-27)36-10-2-1-3-11-36/h5,8-9,12-17H,1-4,6-7,10-11H2,(H,31,37)(H,32,33)(H,30,34,35). The van der Waals surface area contributed by atoms with Crippen LogP contribution in [0.5, 0.6) is 0 Å². The topological polar surface area (TPSA) is 115 Å². The maximum atomic E-state index is 12.4. The molecule has 7 rings (SSSR count). The summed E-state index contributed by atoms with van der Waals surface area (Å²) in [6.45, 7) is 2.13. The molecule has 1 aromatic carbocycles. The Bertz CT molecular complexity index is 1610. The number of aromatic nitrogens is 6. The van der Waals surface area contributed by atoms with Gasteiger partial charge in [-0.2, -0.15) is 5.10 Å². The normalized spacial score (nSPS) is 16.3. The fourth-order valence-electron chi connectivity index (χ4n) is 5.34. The van der Waals surface area contributed by atoms with Gasteiger partial charge in [0.25, 0.3) is 0 Å². The Hall–Kier alpha value is -4.27. The first kappa shape index (κ1) is 22.0. The highest BCUT2D eigenvalue weighted by molar-refractivity contribution is 5.97. The van der Waals surface area contributed by atoms with Crippen LogP contribution in [0, 0.1) is 5.92 Å². The number of aromatic amines is 2. The number of para-hydroxylation sites is 1. The van der Waals surface area contributed by atoms with E-state index in [0.717, 1.165) is 71.4 Å². The van der Waals surface area contributed by atoms with E-state index in [4.69, 9.17) is 4.98 Å². The average molecular weight is 493 g/mol. The first-order valence-electron chi connectivity index (χ1n) is 13.1. The summed E-state index contributed by atoms with van der Waals surface area (Å²) in [6, 6.07) is 10.3. The Balaban J connectivity index is 1.23. The van der Waals surface area contributed by atoms with Crippen LogP contribution in [-0.4, -0.2) is 49.1 Å². The number of carbonyl (C=O) groups excluding carboxylic acids is 1. The predicted octanol–water partition coefficient (Wildman–Crippen LogP) is 5.29. The minimum atomic E-state index is 0.0738. The summed E-state index contributed by atoms with van der Waals surface area (Å²) < 4.78 is 0. The van der Waals surface area contributed by atoms with Crippen LogP contribution in [0.25, 0.3) is 44.7 Å². The summed E-state index contributed by atoms with van der Waals surface area (Å²) in [6.07, 6.45) is 12.0. The van der Waals surface area contributed by atoms with Crippen molar-refractivity contribution in [3.63, 3.8) is 0 Å². The number of nitrogens with zero attached hydrogens (tertiary/aromatic N) is 5. The Kier molecular flexibility index (Phi) is 5.34. The third kappa shape index (κ3) is 4.00. The van der Waals surface area contributed by atoms with Crippen LogP contribution in [-0.2, 0) is 4.79 Å². The lowest BCUT2D eigenvalue weighted by Gasteiger charge is -2.28. The molecule has 9 nitrogen and oxygen atoms in total. The lowest BCUT2D eigenvalue weighted by Crippen LogP contribution is -2.29. The highest BCUT2D eigenvalue weighted by Crippen LogP contribution is 2.33. The summed E-state index contributed by atoms with van der Waals surface area (Å²) in [7, 11) is 0. The van der Waals surface area contributed by atoms with Crippen LogP contribution in [0.1, 0.15) is 38.5 Å². The molecule has 1 saturated heterocycles. The summed E-state index contributed by atoms with van der Waals surface area (Å²) in [4.78, 5) is 32.3. The van der Waals surface area contributed by atoms with Gasteiger partial charge in [0.2, 0.25) is 5.91 Å². The van der Waals surface area contributed by atoms with E-state index in [-0.39, 0.29) is 11.8 Å². The fraction of sp³-hybridized carbons (Fsp3) is 0.321. The molecule has 2 aliphatic rings. The van der Waals surface area contributed by atoms with Gasteiger partial charge in [-0.15, -0.1) is 0 Å². The number of nitrogens with one attached hydrogen (secondary N) is 3. The number of piperidine rings is 1. The second kappa shape index (κ2) is 8.99. The molecule has 0 radical (unpaired) electrons. The van der Waals surface area contributed by atoms with Gasteiger partial charge in [0.15, 0.2) is 11.5 Å². The molecule has 4 aromatic heterocycles. The molecule has 3 N–H and O–H groups in total. The van der Waals surface area contributed by atoms with Crippen LogP contribution in [0.4, 0.5) is 11.4 Å². The SMILES string of the molecule is O=C(Nc1cncc(-c2cnc3n[nH]c(-c4nc5c(N6CCCCC6)cccc5[nH]4)c3c2)c1)C1CCC1. The van der Waals surface area contributed by atoms with Crippen LogP contribution >= 0.6 is 0 Å². The van der Waals surface area contributed by atoms with E-state index in [1.54, 1.807) is 18.6 Å². The Morgan fingerprint density at radius 3 is 2.70 bits per heavy atom. The Morgan fingerprint density at radius 2 is 1.86 bits per heavy atom. The maximum Gasteiger partial charge on any atom is 0.227 e. The number of pyridine rings is 2. The molecule has 0 bridgehead atoms. The van der Waals surface area contributed by atoms with Crippen molar-refractivity contribution in [1.82, 2.24) is 30.1 Å². The molecule has 0 unspecified atom stereocenters. The number of amides is 1. The van der Waals surface area contributed by atoms with Gasteiger partial charge in [-0.3, -0.25) is 14.9 Å². The average Bonchev–Trinajstić information content (AvgIpc) is 3.52. The van der Waals surface area contributed by atoms with E-state index in [2.05, 4.69) is 59.6 Å². The highest BCUT2D eigenvalue weighted by Gasteiger charge is 2.25. The lowest BCUT2D eigenvalue weighted by molar-refractivity contribution is -0.122. The summed E-state index contributed by atoms with van der Waals surface area (Å²) in [5.74, 6) is 0.930. The zero-order chi connectivity index (χ0) is 24.8. The second-order valence-electron chi connectivity index (χ2n) is 10.1. The molecular formula is C28H28N8O. The van der Waals surface area contributed by atoms with E-state index in [9.17, 15) is 4.79 Å². The first-order chi connectivity index (χ1) is 18.2. The van der Waals surface area contributed by atoms with Crippen molar-refractivity contribution < 1.29 is 4.79 Å². The van der Waals surface area contributed by atoms with Gasteiger partial charge in [-0.25, -0.2) is 9.97 Å². The van der Waals surface area contributed by atoms with E-state index < -0.39 is 0 Å². The first-order valence-corrected chi connectivity index (χ1v) is 13.1. The van der Waals surface area contributed by atoms with Crippen LogP contribution in [0.2, 0.25) is 0 Å². The second-order valence-corrected chi connectivity index (χ2v) is 10.1. The number of hydrogen-bond acceptors (Lipinski definition) is 6. The van der Waals surface area contributed by atoms with E-state index >= 15 is 0 Å². The van der Waals surface area contributed by atoms with Gasteiger partial charge < -0.3 is 15.2 Å². The number of hydrogen-bond donors (Lipinski definition) is 3. The summed E-state index contributed by atoms with van der Waals surface area (Å²) >= 11 is 0. The number of H-pyrrole nitrogens is 2. The van der Waals surface area contributed by atoms with Gasteiger partial charge in [-0.1, -0.05) is 12.5 Å². The fourth-order valence-corrected chi connectivity index (χ4v) is 5.34. The summed E-state index contributed by atoms with van der Waals surface area (Å²) in [5.41, 5.74) is 7.05. The van der Waals surface area contributed by atoms with E-state index in [1.807, 2.05) is 6.07 Å². The number of rotatable bonds is 5. The van der Waals surface area contributed by atoms with Crippen LogP contribution in [0.15, 0.2) is 48.9 Å². The van der Waals surface area contributed by atoms with Crippen molar-refractivity contribution in [2.75, 3.05) is 23.3 Å². The van der Waals surface area contributed by atoms with Crippen molar-refractivity contribution in [1.29, 1.82) is 0 Å². The zero-order valence-corrected chi connectivity index (χ0v) is 20.5. The van der Waals surface area contributed by atoms with Crippen molar-refractivity contribution in [3.05, 3.63) is 48.9 Å². The van der Waals surface area contributed by atoms with Gasteiger partial charge in [0.1, 0.15) is 11.2 Å². The number of anilines is 2. The van der Waals surface area contributed by atoms with Crippen molar-refractivity contribution in [3.8, 4) is 22.6 Å². The van der Waals surface area contributed by atoms with Crippen molar-refractivity contribution in [2.45, 2.75) is 38.5 Å². The third-order valence-electron chi connectivity index (χ3n) is 7.65. The minimum absolute atomic E-state index is 0.0738. The molecule has 0 atom stereocenters. The molecule has 1 saturated carbocycles. The zero-order valence-electron chi connectivity index (χ0n) is 20.5. The van der Waals surface area contributed by atoms with E-state index in [1.165, 1.54) is 24.9 Å². The molecule has 1 aliphatic carbocycles. The molecule has 186 valence electrons. The quantitative estimate of drug-likeness (QED) is 0.307. The highest BCUT2D eigenvalue weighted by atomic mass is 16.1. The largest absolute Gasteiger partial charge is 0.370 e. The monoisotopic (exact) mass is 492 g/mol. The van der Waals surface area contributed by atoms with Crippen LogP contribution < -0.4 is 10.2 Å². The number of fused-ring (bicyclic) bond motifs is 2. The van der Waals surface area contributed by atoms with Gasteiger partial charge in [-0.05, 0) is 56.4 Å². The molecule has 2 fully saturated rings. The lowest BCUT2D eigenvalue weighted by atomic mass is 9.85. The third-order valence-corrected chi connectivity index (χ3v) is 7.65. The smallest absolute Gasteiger partial charge is 0.227 e. The maximum absolute atomic E-state index is 12.4. The molecule has 5 aromatic rings. The number of imidazole rings is 1. The Labute approximate surface area is 213 Å². The van der Waals surface area contributed by atoms with Crippen LogP contribution in [0.3, 0.4) is 0 Å². The molecule has 37 heavy (non-hydrogen) atoms. The summed E-state index contributed by atoms with van der Waals surface area (Å²) in [5, 5.41) is 11.5. The molecule has 1 aliphatic heterocycles. The van der Waals surface area contributed by atoms with E-state index in [0.29, 0.717) is 11.3 Å². The van der Waals surface area contributed by atoms with Gasteiger partial charge in [0, 0.05) is 42.5 Å². The number of carbonyl (C=O) groups is 1. The molecule has 5 heterocycles. The minimum Gasteiger partial charge on any atom is -0.370 e. The van der Waals surface area contributed by atoms with Gasteiger partial charge in [0.05, 0.1) is 28.5 Å². The molecule has 1 amide bonds. The predicted molar refractivity (Wildman–Crippen MR) is 144 cm³/mol. The Morgan fingerprint density at radius 1 is 1.00 bits per heavy atom. The van der Waals surface area contributed by atoms with Gasteiger partial charge >= 0.3 is 0 Å². The van der Waals surface area contributed by atoms with Crippen molar-refractivity contribution in [2.24, 2.45) is 5.92 Å². The van der Waals surface area contributed by atoms with Crippen molar-refractivity contribution >= 4 is 39.3 Å². The molecule has 9 heteroatoms. The number of benzene rings is 1. The molecule has 0 spiro atoms.